The number of allylic oxidation sites excluding steroid dienone is 1. The molecule has 32 heavy (non-hydrogen) atoms. The Morgan fingerprint density at radius 2 is 1.91 bits per heavy atom. The first-order chi connectivity index (χ1) is 15.3. The second kappa shape index (κ2) is 7.57. The number of hydrogen-bond acceptors (Lipinski definition) is 3. The molecule has 4 nitrogen and oxygen atoms in total. The average molecular weight is 441 g/mol. The first-order valence-corrected chi connectivity index (χ1v) is 13.7. The van der Waals surface area contributed by atoms with E-state index < -0.39 is 0 Å². The van der Waals surface area contributed by atoms with Crippen molar-refractivity contribution in [3.63, 3.8) is 0 Å². The van der Waals surface area contributed by atoms with Crippen LogP contribution in [0.15, 0.2) is 11.6 Å². The number of rotatable bonds is 0. The third-order valence-electron chi connectivity index (χ3n) is 11.5. The van der Waals surface area contributed by atoms with Crippen molar-refractivity contribution >= 4 is 5.91 Å². The van der Waals surface area contributed by atoms with Crippen LogP contribution >= 0.6 is 0 Å². The lowest BCUT2D eigenvalue weighted by atomic mass is 9.58. The standard InChI is InChI=1S/C28H44N2O2/c1-16-11-24-26(30-15-16)18(3)28(32-24)8-7-20-21-6-5-19-12-25(31)29-10-9-27(19,4)23(21)13-22(20)17(2)14-28/h12,16-18,20-24,26,30H,5-11,13-15H2,1-4H3,(H,29,31). The van der Waals surface area contributed by atoms with Gasteiger partial charge in [-0.2, -0.15) is 0 Å². The van der Waals surface area contributed by atoms with Crippen LogP contribution < -0.4 is 10.6 Å². The molecule has 11 atom stereocenters. The quantitative estimate of drug-likeness (QED) is 0.574. The zero-order valence-electron chi connectivity index (χ0n) is 20.7. The third-order valence-corrected chi connectivity index (χ3v) is 11.5. The largest absolute Gasteiger partial charge is 0.370 e. The van der Waals surface area contributed by atoms with Gasteiger partial charge in [-0.05, 0) is 98.8 Å². The number of nitrogens with one attached hydrogen (secondary N) is 2. The molecule has 0 aromatic carbocycles. The summed E-state index contributed by atoms with van der Waals surface area (Å²) in [7, 11) is 0. The summed E-state index contributed by atoms with van der Waals surface area (Å²) < 4.78 is 7.04. The fourth-order valence-electron chi connectivity index (χ4n) is 9.75. The van der Waals surface area contributed by atoms with Crippen molar-refractivity contribution < 1.29 is 9.53 Å². The van der Waals surface area contributed by atoms with Crippen LogP contribution in [0.3, 0.4) is 0 Å². The SMILES string of the molecule is CC1CNC2C(C1)OC1(CCC3C(CC4C3CCC3=CC(=O)NCCC34C)C(C)C1)C2C. The van der Waals surface area contributed by atoms with Gasteiger partial charge in [-0.3, -0.25) is 4.79 Å². The van der Waals surface area contributed by atoms with Crippen molar-refractivity contribution in [2.24, 2.45) is 46.8 Å². The van der Waals surface area contributed by atoms with E-state index in [9.17, 15) is 4.79 Å². The van der Waals surface area contributed by atoms with E-state index in [1.807, 2.05) is 6.08 Å². The number of fused-ring (bicyclic) bond motifs is 6. The van der Waals surface area contributed by atoms with Gasteiger partial charge in [0.1, 0.15) is 0 Å². The number of hydrogen-bond donors (Lipinski definition) is 2. The molecule has 3 aliphatic carbocycles. The number of amides is 1. The van der Waals surface area contributed by atoms with Gasteiger partial charge >= 0.3 is 0 Å². The highest BCUT2D eigenvalue weighted by Crippen LogP contribution is 2.64. The van der Waals surface area contributed by atoms with E-state index in [1.165, 1.54) is 44.1 Å². The van der Waals surface area contributed by atoms with Crippen LogP contribution in [0.25, 0.3) is 0 Å². The van der Waals surface area contributed by atoms with E-state index in [1.54, 1.807) is 0 Å². The minimum Gasteiger partial charge on any atom is -0.370 e. The van der Waals surface area contributed by atoms with Crippen molar-refractivity contribution in [3.8, 4) is 0 Å². The zero-order chi connectivity index (χ0) is 22.3. The second-order valence-corrected chi connectivity index (χ2v) is 13.0. The molecule has 0 aromatic rings. The average Bonchev–Trinajstić information content (AvgIpc) is 3.14. The summed E-state index contributed by atoms with van der Waals surface area (Å²) in [4.78, 5) is 12.2. The van der Waals surface area contributed by atoms with E-state index in [0.717, 1.165) is 61.4 Å². The fourth-order valence-corrected chi connectivity index (χ4v) is 9.75. The number of carbonyl (C=O) groups is 1. The van der Waals surface area contributed by atoms with E-state index in [2.05, 4.69) is 38.3 Å². The number of ether oxygens (including phenoxy) is 1. The molecular weight excluding hydrogens is 396 g/mol. The Morgan fingerprint density at radius 3 is 2.75 bits per heavy atom. The fraction of sp³-hybridized carbons (Fsp3) is 0.893. The molecule has 3 heterocycles. The molecule has 3 aliphatic heterocycles. The minimum absolute atomic E-state index is 0.0912. The molecular formula is C28H44N2O2. The maximum absolute atomic E-state index is 12.2. The Morgan fingerprint density at radius 1 is 1.06 bits per heavy atom. The topological polar surface area (TPSA) is 50.4 Å². The highest BCUT2D eigenvalue weighted by Gasteiger charge is 2.60. The molecule has 0 aromatic heterocycles. The van der Waals surface area contributed by atoms with Crippen LogP contribution in [-0.4, -0.2) is 36.7 Å². The van der Waals surface area contributed by atoms with E-state index in [-0.39, 0.29) is 16.9 Å². The van der Waals surface area contributed by atoms with Gasteiger partial charge in [0.25, 0.3) is 0 Å². The van der Waals surface area contributed by atoms with Gasteiger partial charge in [-0.1, -0.05) is 33.3 Å². The molecule has 1 spiro atoms. The Bertz CT molecular complexity index is 809. The van der Waals surface area contributed by atoms with Gasteiger partial charge in [0.15, 0.2) is 0 Å². The Labute approximate surface area is 194 Å². The molecule has 6 rings (SSSR count). The van der Waals surface area contributed by atoms with Gasteiger partial charge in [0.05, 0.1) is 11.7 Å². The lowest BCUT2D eigenvalue weighted by molar-refractivity contribution is -0.116. The summed E-state index contributed by atoms with van der Waals surface area (Å²) in [5.74, 6) is 5.50. The number of piperidine rings is 1. The van der Waals surface area contributed by atoms with E-state index in [0.29, 0.717) is 18.1 Å². The van der Waals surface area contributed by atoms with Gasteiger partial charge in [0.2, 0.25) is 5.91 Å². The second-order valence-electron chi connectivity index (χ2n) is 13.0. The van der Waals surface area contributed by atoms with Crippen LogP contribution in [0.1, 0.15) is 79.1 Å². The Kier molecular flexibility index (Phi) is 5.12. The maximum atomic E-state index is 12.2. The molecule has 5 fully saturated rings. The molecule has 0 bridgehead atoms. The Balaban J connectivity index is 1.25. The molecule has 6 aliphatic rings. The normalized spacial score (nSPS) is 55.1. The third kappa shape index (κ3) is 3.11. The summed E-state index contributed by atoms with van der Waals surface area (Å²) in [6, 6.07) is 0.557. The van der Waals surface area contributed by atoms with Crippen molar-refractivity contribution in [1.29, 1.82) is 0 Å². The van der Waals surface area contributed by atoms with Crippen molar-refractivity contribution in [1.82, 2.24) is 10.6 Å². The highest BCUT2D eigenvalue weighted by atomic mass is 16.5. The van der Waals surface area contributed by atoms with Crippen molar-refractivity contribution in [2.45, 2.75) is 96.8 Å². The smallest absolute Gasteiger partial charge is 0.243 e. The summed E-state index contributed by atoms with van der Waals surface area (Å²) in [5.41, 5.74) is 1.76. The van der Waals surface area contributed by atoms with E-state index in [4.69, 9.17) is 4.74 Å². The maximum Gasteiger partial charge on any atom is 0.243 e. The predicted molar refractivity (Wildman–Crippen MR) is 127 cm³/mol. The molecule has 1 amide bonds. The molecule has 2 saturated heterocycles. The van der Waals surface area contributed by atoms with Crippen LogP contribution in [0.4, 0.5) is 0 Å². The molecule has 2 N–H and O–H groups in total. The summed E-state index contributed by atoms with van der Waals surface area (Å²) in [6.07, 6.45) is 12.4. The predicted octanol–water partition coefficient (Wildman–Crippen LogP) is 4.69. The van der Waals surface area contributed by atoms with Crippen molar-refractivity contribution in [3.05, 3.63) is 11.6 Å². The van der Waals surface area contributed by atoms with Gasteiger partial charge < -0.3 is 15.4 Å². The molecule has 3 saturated carbocycles. The summed E-state index contributed by atoms with van der Waals surface area (Å²) in [6.45, 7) is 11.9. The van der Waals surface area contributed by atoms with Gasteiger partial charge in [-0.25, -0.2) is 0 Å². The van der Waals surface area contributed by atoms with Gasteiger partial charge in [-0.15, -0.1) is 0 Å². The lowest BCUT2D eigenvalue weighted by Gasteiger charge is -2.46. The summed E-state index contributed by atoms with van der Waals surface area (Å²) in [5, 5.41) is 6.98. The van der Waals surface area contributed by atoms with Crippen LogP contribution in [-0.2, 0) is 9.53 Å². The molecule has 4 heteroatoms. The number of carbonyl (C=O) groups excluding carboxylic acids is 1. The molecule has 11 unspecified atom stereocenters. The summed E-state index contributed by atoms with van der Waals surface area (Å²) >= 11 is 0. The molecule has 178 valence electrons. The first kappa shape index (κ1) is 21.6. The molecule has 0 radical (unpaired) electrons. The first-order valence-electron chi connectivity index (χ1n) is 13.7. The van der Waals surface area contributed by atoms with Crippen LogP contribution in [0.5, 0.6) is 0 Å². The Hall–Kier alpha value is -0.870. The lowest BCUT2D eigenvalue weighted by Crippen LogP contribution is -2.48. The van der Waals surface area contributed by atoms with E-state index >= 15 is 0 Å². The van der Waals surface area contributed by atoms with Crippen LogP contribution in [0, 0.1) is 46.8 Å². The minimum atomic E-state index is 0.0912. The monoisotopic (exact) mass is 440 g/mol. The van der Waals surface area contributed by atoms with Crippen LogP contribution in [0.2, 0.25) is 0 Å². The van der Waals surface area contributed by atoms with Crippen molar-refractivity contribution in [2.75, 3.05) is 13.1 Å². The highest BCUT2D eigenvalue weighted by molar-refractivity contribution is 5.88. The zero-order valence-corrected chi connectivity index (χ0v) is 20.7. The van der Waals surface area contributed by atoms with Gasteiger partial charge in [0, 0.05) is 24.6 Å².